The van der Waals surface area contributed by atoms with Gasteiger partial charge in [-0.05, 0) is 24.0 Å². The van der Waals surface area contributed by atoms with Crippen LogP contribution in [-0.4, -0.2) is 0 Å². The molecular formula is C9H12. The summed E-state index contributed by atoms with van der Waals surface area (Å²) in [6.45, 7) is 6.45. The van der Waals surface area contributed by atoms with E-state index in [2.05, 4.69) is 38.7 Å². The zero-order valence-electron chi connectivity index (χ0n) is 6.23. The lowest BCUT2D eigenvalue weighted by molar-refractivity contribution is 0.795. The van der Waals surface area contributed by atoms with Gasteiger partial charge in [-0.1, -0.05) is 26.0 Å². The molecule has 0 aromatic heterocycles. The van der Waals surface area contributed by atoms with Gasteiger partial charge in [0.1, 0.15) is 0 Å². The summed E-state index contributed by atoms with van der Waals surface area (Å²) in [5.41, 5.74) is 5.85. The molecule has 1 rings (SSSR count). The van der Waals surface area contributed by atoms with Gasteiger partial charge in [-0.15, -0.1) is 5.73 Å². The van der Waals surface area contributed by atoms with Gasteiger partial charge < -0.3 is 0 Å². The highest BCUT2D eigenvalue weighted by Crippen LogP contribution is 2.16. The van der Waals surface area contributed by atoms with Gasteiger partial charge >= 0.3 is 0 Å². The third-order valence-corrected chi connectivity index (χ3v) is 1.48. The van der Waals surface area contributed by atoms with Crippen LogP contribution in [0, 0.1) is 5.92 Å². The van der Waals surface area contributed by atoms with E-state index in [-0.39, 0.29) is 0 Å². The summed E-state index contributed by atoms with van der Waals surface area (Å²) in [6.07, 6.45) is 4.25. The lowest BCUT2D eigenvalue weighted by atomic mass is 10.1. The van der Waals surface area contributed by atoms with E-state index in [0.29, 0.717) is 5.92 Å². The van der Waals surface area contributed by atoms with Gasteiger partial charge in [0.25, 0.3) is 0 Å². The molecule has 9 heavy (non-hydrogen) atoms. The maximum atomic E-state index is 3.28. The van der Waals surface area contributed by atoms with Crippen molar-refractivity contribution in [3.05, 3.63) is 29.0 Å². The molecule has 0 heteroatoms. The second-order valence-corrected chi connectivity index (χ2v) is 2.75. The summed E-state index contributed by atoms with van der Waals surface area (Å²) in [5, 5.41) is 0. The summed E-state index contributed by atoms with van der Waals surface area (Å²) in [4.78, 5) is 0. The Labute approximate surface area is 56.6 Å². The van der Waals surface area contributed by atoms with Crippen LogP contribution in [0.3, 0.4) is 0 Å². The molecule has 0 heterocycles. The van der Waals surface area contributed by atoms with Crippen LogP contribution in [0.4, 0.5) is 0 Å². The molecule has 0 nitrogen and oxygen atoms in total. The van der Waals surface area contributed by atoms with Crippen LogP contribution in [0.25, 0.3) is 0 Å². The first-order valence-corrected chi connectivity index (χ1v) is 3.35. The summed E-state index contributed by atoms with van der Waals surface area (Å²) < 4.78 is 0. The second kappa shape index (κ2) is 2.24. The molecule has 1 aliphatic rings. The van der Waals surface area contributed by atoms with Crippen LogP contribution < -0.4 is 0 Å². The molecule has 0 radical (unpaired) electrons. The highest BCUT2D eigenvalue weighted by molar-refractivity contribution is 5.35. The smallest absolute Gasteiger partial charge is 0.00318 e. The molecule has 0 saturated heterocycles. The van der Waals surface area contributed by atoms with Crippen LogP contribution in [-0.2, 0) is 0 Å². The van der Waals surface area contributed by atoms with Crippen LogP contribution in [0.1, 0.15) is 20.8 Å². The summed E-state index contributed by atoms with van der Waals surface area (Å²) in [5.74, 6) is 0.624. The standard InChI is InChI=1S/C9H12/c1-7(2)9-5-4-8(3)6-9/h4-5,7H,1-3H3. The maximum absolute atomic E-state index is 3.28. The highest BCUT2D eigenvalue weighted by Gasteiger charge is 2.00. The van der Waals surface area contributed by atoms with Crippen molar-refractivity contribution >= 4 is 0 Å². The minimum Gasteiger partial charge on any atom is -0.114 e. The monoisotopic (exact) mass is 120 g/mol. The number of hydrogen-bond donors (Lipinski definition) is 0. The van der Waals surface area contributed by atoms with Crippen molar-refractivity contribution in [3.63, 3.8) is 0 Å². The van der Waals surface area contributed by atoms with Gasteiger partial charge in [-0.25, -0.2) is 0 Å². The van der Waals surface area contributed by atoms with Crippen molar-refractivity contribution < 1.29 is 0 Å². The first-order valence-electron chi connectivity index (χ1n) is 3.35. The number of hydrogen-bond acceptors (Lipinski definition) is 0. The minimum absolute atomic E-state index is 0.624. The van der Waals surface area contributed by atoms with Crippen molar-refractivity contribution in [3.8, 4) is 0 Å². The average molecular weight is 120 g/mol. The topological polar surface area (TPSA) is 0 Å². The molecule has 0 aliphatic heterocycles. The summed E-state index contributed by atoms with van der Waals surface area (Å²) in [7, 11) is 0. The number of rotatable bonds is 1. The zero-order valence-corrected chi connectivity index (χ0v) is 6.23. The Kier molecular flexibility index (Phi) is 1.59. The Morgan fingerprint density at radius 1 is 1.33 bits per heavy atom. The predicted octanol–water partition coefficient (Wildman–Crippen LogP) is 2.68. The van der Waals surface area contributed by atoms with Gasteiger partial charge in [-0.2, -0.15) is 0 Å². The largest absolute Gasteiger partial charge is 0.114 e. The van der Waals surface area contributed by atoms with Crippen molar-refractivity contribution in [2.24, 2.45) is 5.92 Å². The highest BCUT2D eigenvalue weighted by atomic mass is 14.0. The molecule has 0 N–H and O–H groups in total. The predicted molar refractivity (Wildman–Crippen MR) is 40.2 cm³/mol. The minimum atomic E-state index is 0.624. The van der Waals surface area contributed by atoms with Crippen molar-refractivity contribution in [2.45, 2.75) is 20.8 Å². The Morgan fingerprint density at radius 3 is 2.22 bits per heavy atom. The van der Waals surface area contributed by atoms with E-state index in [4.69, 9.17) is 0 Å². The van der Waals surface area contributed by atoms with Gasteiger partial charge in [0.05, 0.1) is 0 Å². The third kappa shape index (κ3) is 1.34. The van der Waals surface area contributed by atoms with E-state index < -0.39 is 0 Å². The fourth-order valence-corrected chi connectivity index (χ4v) is 0.863. The van der Waals surface area contributed by atoms with E-state index in [1.54, 1.807) is 0 Å². The molecule has 0 aromatic rings. The molecule has 1 aliphatic carbocycles. The Morgan fingerprint density at radius 2 is 2.00 bits per heavy atom. The third-order valence-electron chi connectivity index (χ3n) is 1.48. The van der Waals surface area contributed by atoms with Crippen molar-refractivity contribution in [2.75, 3.05) is 0 Å². The molecule has 0 aromatic carbocycles. The number of allylic oxidation sites excluding steroid dienone is 3. The zero-order chi connectivity index (χ0) is 6.85. The fourth-order valence-electron chi connectivity index (χ4n) is 0.863. The quantitative estimate of drug-likeness (QED) is 0.467. The summed E-state index contributed by atoms with van der Waals surface area (Å²) in [6, 6.07) is 0. The van der Waals surface area contributed by atoms with Crippen molar-refractivity contribution in [1.82, 2.24) is 0 Å². The molecule has 48 valence electrons. The van der Waals surface area contributed by atoms with E-state index in [1.165, 1.54) is 11.1 Å². The van der Waals surface area contributed by atoms with Crippen molar-refractivity contribution in [1.29, 1.82) is 0 Å². The van der Waals surface area contributed by atoms with E-state index in [0.717, 1.165) is 0 Å². The molecule has 0 bridgehead atoms. The molecule has 0 saturated carbocycles. The normalized spacial score (nSPS) is 16.4. The molecule has 0 amide bonds. The van der Waals surface area contributed by atoms with Crippen LogP contribution in [0.2, 0.25) is 0 Å². The molecule has 0 fully saturated rings. The maximum Gasteiger partial charge on any atom is -0.00318 e. The lowest BCUT2D eigenvalue weighted by Gasteiger charge is -1.97. The Balaban J connectivity index is 2.87. The van der Waals surface area contributed by atoms with E-state index in [1.807, 2.05) is 0 Å². The Hall–Kier alpha value is -0.740. The van der Waals surface area contributed by atoms with Gasteiger partial charge in [0.2, 0.25) is 0 Å². The second-order valence-electron chi connectivity index (χ2n) is 2.75. The van der Waals surface area contributed by atoms with Gasteiger partial charge in [0.15, 0.2) is 0 Å². The molecule has 0 unspecified atom stereocenters. The van der Waals surface area contributed by atoms with Crippen LogP contribution >= 0.6 is 0 Å². The average Bonchev–Trinajstić information content (AvgIpc) is 2.14. The van der Waals surface area contributed by atoms with Crippen LogP contribution in [0.15, 0.2) is 29.0 Å². The lowest BCUT2D eigenvalue weighted by Crippen LogP contribution is -1.85. The first kappa shape index (κ1) is 6.38. The van der Waals surface area contributed by atoms with Gasteiger partial charge in [-0.3, -0.25) is 0 Å². The Bertz CT molecular complexity index is 198. The van der Waals surface area contributed by atoms with Crippen LogP contribution in [0.5, 0.6) is 0 Å². The molecule has 0 spiro atoms. The SMILES string of the molecule is CC1=C=C(C(C)C)C=C1. The summed E-state index contributed by atoms with van der Waals surface area (Å²) >= 11 is 0. The van der Waals surface area contributed by atoms with Gasteiger partial charge in [0, 0.05) is 0 Å². The molecular weight excluding hydrogens is 108 g/mol. The van der Waals surface area contributed by atoms with E-state index >= 15 is 0 Å². The fraction of sp³-hybridized carbons (Fsp3) is 0.444. The van der Waals surface area contributed by atoms with E-state index in [9.17, 15) is 0 Å². The molecule has 0 atom stereocenters. The first-order chi connectivity index (χ1) is 4.20.